The van der Waals surface area contributed by atoms with Crippen molar-refractivity contribution < 1.29 is 4.79 Å². The van der Waals surface area contributed by atoms with E-state index in [2.05, 4.69) is 10.6 Å². The Kier molecular flexibility index (Phi) is 4.99. The molecule has 0 radical (unpaired) electrons. The molecule has 0 fully saturated rings. The molecule has 0 bridgehead atoms. The summed E-state index contributed by atoms with van der Waals surface area (Å²) in [6.45, 7) is 3.83. The van der Waals surface area contributed by atoms with Gasteiger partial charge in [-0.15, -0.1) is 0 Å². The van der Waals surface area contributed by atoms with Crippen molar-refractivity contribution in [3.63, 3.8) is 0 Å². The van der Waals surface area contributed by atoms with E-state index in [-0.39, 0.29) is 0 Å². The lowest BCUT2D eigenvalue weighted by atomic mass is 10.1. The van der Waals surface area contributed by atoms with Crippen LogP contribution in [0.5, 0.6) is 0 Å². The van der Waals surface area contributed by atoms with Gasteiger partial charge >= 0.3 is 6.03 Å². The van der Waals surface area contributed by atoms with E-state index in [1.807, 2.05) is 19.9 Å². The van der Waals surface area contributed by atoms with Crippen LogP contribution in [0.15, 0.2) is 30.3 Å². The molecule has 21 heavy (non-hydrogen) atoms. The number of halogens is 3. The SMILES string of the molecule is Cc1cc(C)c(NC(=O)Nc2ccc(Cl)c(Cl)c2)c(Cl)c1. The Labute approximate surface area is 138 Å². The number of hydrogen-bond donors (Lipinski definition) is 2. The van der Waals surface area contributed by atoms with Crippen molar-refractivity contribution in [2.45, 2.75) is 13.8 Å². The molecule has 0 aliphatic heterocycles. The summed E-state index contributed by atoms with van der Waals surface area (Å²) < 4.78 is 0. The molecule has 3 nitrogen and oxygen atoms in total. The van der Waals surface area contributed by atoms with Crippen LogP contribution in [0.2, 0.25) is 15.1 Å². The molecule has 2 aromatic carbocycles. The predicted molar refractivity (Wildman–Crippen MR) is 90.0 cm³/mol. The third kappa shape index (κ3) is 4.03. The molecule has 0 saturated carbocycles. The van der Waals surface area contributed by atoms with Crippen molar-refractivity contribution in [3.05, 3.63) is 56.5 Å². The normalized spacial score (nSPS) is 10.3. The van der Waals surface area contributed by atoms with Crippen LogP contribution in [0.25, 0.3) is 0 Å². The molecule has 0 aliphatic carbocycles. The largest absolute Gasteiger partial charge is 0.323 e. The number of benzene rings is 2. The first-order chi connectivity index (χ1) is 9.86. The van der Waals surface area contributed by atoms with Gasteiger partial charge in [0.15, 0.2) is 0 Å². The van der Waals surface area contributed by atoms with Gasteiger partial charge in [0.25, 0.3) is 0 Å². The van der Waals surface area contributed by atoms with Gasteiger partial charge in [0, 0.05) is 5.69 Å². The maximum atomic E-state index is 12.0. The second-order valence-corrected chi connectivity index (χ2v) is 5.87. The molecule has 2 rings (SSSR count). The number of carbonyl (C=O) groups is 1. The molecule has 6 heteroatoms. The number of anilines is 2. The topological polar surface area (TPSA) is 41.1 Å². The molecule has 0 atom stereocenters. The highest BCUT2D eigenvalue weighted by atomic mass is 35.5. The molecule has 0 aromatic heterocycles. The van der Waals surface area contributed by atoms with Crippen LogP contribution < -0.4 is 10.6 Å². The molecule has 2 amide bonds. The molecular weight excluding hydrogens is 331 g/mol. The number of hydrogen-bond acceptors (Lipinski definition) is 1. The quantitative estimate of drug-likeness (QED) is 0.699. The fraction of sp³-hybridized carbons (Fsp3) is 0.133. The van der Waals surface area contributed by atoms with Crippen LogP contribution in [-0.4, -0.2) is 6.03 Å². The minimum absolute atomic E-state index is 0.374. The van der Waals surface area contributed by atoms with Crippen molar-refractivity contribution in [1.29, 1.82) is 0 Å². The zero-order chi connectivity index (χ0) is 15.6. The van der Waals surface area contributed by atoms with Crippen molar-refractivity contribution in [3.8, 4) is 0 Å². The molecule has 2 aromatic rings. The smallest absolute Gasteiger partial charge is 0.308 e. The zero-order valence-electron chi connectivity index (χ0n) is 11.4. The summed E-state index contributed by atoms with van der Waals surface area (Å²) in [7, 11) is 0. The molecule has 0 heterocycles. The number of carbonyl (C=O) groups excluding carboxylic acids is 1. The van der Waals surface area contributed by atoms with Crippen LogP contribution in [0.3, 0.4) is 0 Å². The monoisotopic (exact) mass is 342 g/mol. The van der Waals surface area contributed by atoms with Gasteiger partial charge in [0.05, 0.1) is 20.8 Å². The maximum Gasteiger partial charge on any atom is 0.323 e. The standard InChI is InChI=1S/C15H13Cl3N2O/c1-8-5-9(2)14(13(18)6-8)20-15(21)19-10-3-4-11(16)12(17)7-10/h3-7H,1-2H3,(H2,19,20,21). The van der Waals surface area contributed by atoms with E-state index in [4.69, 9.17) is 34.8 Å². The summed E-state index contributed by atoms with van der Waals surface area (Å²) in [6, 6.07) is 8.19. The Bertz CT molecular complexity index is 678. The second kappa shape index (κ2) is 6.56. The average molecular weight is 344 g/mol. The fourth-order valence-electron chi connectivity index (χ4n) is 1.92. The highest BCUT2D eigenvalue weighted by Crippen LogP contribution is 2.28. The fourth-order valence-corrected chi connectivity index (χ4v) is 2.59. The molecule has 0 aliphatic rings. The van der Waals surface area contributed by atoms with Crippen LogP contribution in [0.1, 0.15) is 11.1 Å². The van der Waals surface area contributed by atoms with Gasteiger partial charge in [0.1, 0.15) is 0 Å². The highest BCUT2D eigenvalue weighted by molar-refractivity contribution is 6.42. The summed E-state index contributed by atoms with van der Waals surface area (Å²) in [5.41, 5.74) is 3.06. The first kappa shape index (κ1) is 16.0. The first-order valence-electron chi connectivity index (χ1n) is 6.16. The number of rotatable bonds is 2. The van der Waals surface area contributed by atoms with E-state index in [9.17, 15) is 4.79 Å². The third-order valence-corrected chi connectivity index (χ3v) is 3.88. The van der Waals surface area contributed by atoms with Gasteiger partial charge in [-0.05, 0) is 49.2 Å². The summed E-state index contributed by atoms with van der Waals surface area (Å²) in [4.78, 5) is 12.0. The molecule has 0 saturated heterocycles. The van der Waals surface area contributed by atoms with Crippen molar-refractivity contribution in [2.75, 3.05) is 10.6 Å². The lowest BCUT2D eigenvalue weighted by Crippen LogP contribution is -2.20. The summed E-state index contributed by atoms with van der Waals surface area (Å²) >= 11 is 17.9. The number of nitrogens with one attached hydrogen (secondary N) is 2. The highest BCUT2D eigenvalue weighted by Gasteiger charge is 2.10. The molecule has 110 valence electrons. The zero-order valence-corrected chi connectivity index (χ0v) is 13.7. The van der Waals surface area contributed by atoms with E-state index < -0.39 is 6.03 Å². The Balaban J connectivity index is 2.13. The van der Waals surface area contributed by atoms with Crippen LogP contribution >= 0.6 is 34.8 Å². The number of aryl methyl sites for hydroxylation is 2. The van der Waals surface area contributed by atoms with E-state index in [0.717, 1.165) is 11.1 Å². The van der Waals surface area contributed by atoms with Crippen molar-refractivity contribution in [2.24, 2.45) is 0 Å². The van der Waals surface area contributed by atoms with E-state index in [1.165, 1.54) is 0 Å². The second-order valence-electron chi connectivity index (χ2n) is 4.65. The third-order valence-electron chi connectivity index (χ3n) is 2.85. The van der Waals surface area contributed by atoms with Crippen molar-refractivity contribution in [1.82, 2.24) is 0 Å². The Morgan fingerprint density at radius 3 is 2.24 bits per heavy atom. The molecule has 0 spiro atoms. The van der Waals surface area contributed by atoms with Crippen LogP contribution in [0.4, 0.5) is 16.2 Å². The van der Waals surface area contributed by atoms with Crippen LogP contribution in [-0.2, 0) is 0 Å². The predicted octanol–water partition coefficient (Wildman–Crippen LogP) is 5.91. The van der Waals surface area contributed by atoms with Gasteiger partial charge < -0.3 is 10.6 Å². The van der Waals surface area contributed by atoms with Crippen LogP contribution in [0, 0.1) is 13.8 Å². The maximum absolute atomic E-state index is 12.0. The van der Waals surface area contributed by atoms with Gasteiger partial charge in [-0.3, -0.25) is 0 Å². The lowest BCUT2D eigenvalue weighted by Gasteiger charge is -2.12. The van der Waals surface area contributed by atoms with Gasteiger partial charge in [-0.25, -0.2) is 4.79 Å². The average Bonchev–Trinajstić information content (AvgIpc) is 2.38. The number of amides is 2. The Morgan fingerprint density at radius 1 is 0.905 bits per heavy atom. The van der Waals surface area contributed by atoms with E-state index in [0.29, 0.717) is 26.4 Å². The van der Waals surface area contributed by atoms with E-state index in [1.54, 1.807) is 24.3 Å². The Hall–Kier alpha value is -1.42. The molecule has 0 unspecified atom stereocenters. The first-order valence-corrected chi connectivity index (χ1v) is 7.30. The Morgan fingerprint density at radius 2 is 1.62 bits per heavy atom. The van der Waals surface area contributed by atoms with Gasteiger partial charge in [-0.2, -0.15) is 0 Å². The van der Waals surface area contributed by atoms with Gasteiger partial charge in [-0.1, -0.05) is 40.9 Å². The summed E-state index contributed by atoms with van der Waals surface area (Å²) in [5, 5.41) is 6.71. The van der Waals surface area contributed by atoms with Crippen molar-refractivity contribution >= 4 is 52.2 Å². The molecule has 2 N–H and O–H groups in total. The van der Waals surface area contributed by atoms with E-state index >= 15 is 0 Å². The van der Waals surface area contributed by atoms with Gasteiger partial charge in [0.2, 0.25) is 0 Å². The number of urea groups is 1. The lowest BCUT2D eigenvalue weighted by molar-refractivity contribution is 0.262. The molecular formula is C15H13Cl3N2O. The summed E-state index contributed by atoms with van der Waals surface area (Å²) in [6.07, 6.45) is 0. The minimum Gasteiger partial charge on any atom is -0.308 e. The summed E-state index contributed by atoms with van der Waals surface area (Å²) in [5.74, 6) is 0. The minimum atomic E-state index is -0.401.